The summed E-state index contributed by atoms with van der Waals surface area (Å²) in [5, 5.41) is 14.0. The van der Waals surface area contributed by atoms with Crippen molar-refractivity contribution in [3.05, 3.63) is 138 Å². The Morgan fingerprint density at radius 3 is 1.81 bits per heavy atom. The summed E-state index contributed by atoms with van der Waals surface area (Å²) in [4.78, 5) is 33.9. The van der Waals surface area contributed by atoms with Crippen molar-refractivity contribution in [1.29, 1.82) is 0 Å². The van der Waals surface area contributed by atoms with Crippen molar-refractivity contribution < 1.29 is 14.7 Å². The molecular weight excluding hydrogens is 522 g/mol. The van der Waals surface area contributed by atoms with Gasteiger partial charge in [0.15, 0.2) is 5.54 Å². The van der Waals surface area contributed by atoms with E-state index in [4.69, 9.17) is 4.99 Å². The second kappa shape index (κ2) is 13.9. The Labute approximate surface area is 247 Å². The second-order valence-electron chi connectivity index (χ2n) is 10.9. The van der Waals surface area contributed by atoms with Gasteiger partial charge in [0.25, 0.3) is 0 Å². The summed E-state index contributed by atoms with van der Waals surface area (Å²) in [5.74, 6) is -1.09. The summed E-state index contributed by atoms with van der Waals surface area (Å²) in [6.45, 7) is 2.17. The van der Waals surface area contributed by atoms with Crippen LogP contribution in [-0.2, 0) is 22.4 Å². The Hall–Kier alpha value is -4.55. The highest BCUT2D eigenvalue weighted by Crippen LogP contribution is 2.29. The smallest absolute Gasteiger partial charge is 0.332 e. The standard InChI is InChI=1S/C36H37N3O3/c40-33(27-39-23-13-4-14-24-39)37-32-22-12-11-21-31(32)34(30-19-9-3-10-20-30)38-36(35(41)42,25-28-15-5-1-6-16-28)26-29-17-7-2-8-18-29/h1-3,5-12,15-22H,4,13-14,23-27H2,(H,37,40)(H,41,42). The van der Waals surface area contributed by atoms with Crippen LogP contribution in [0.3, 0.4) is 0 Å². The molecule has 0 unspecified atom stereocenters. The van der Waals surface area contributed by atoms with Gasteiger partial charge in [-0.3, -0.25) is 14.7 Å². The number of piperidine rings is 1. The molecule has 6 heteroatoms. The topological polar surface area (TPSA) is 82.0 Å². The number of carbonyl (C=O) groups excluding carboxylic acids is 1. The zero-order chi connectivity index (χ0) is 29.2. The maximum atomic E-state index is 13.3. The van der Waals surface area contributed by atoms with E-state index in [1.54, 1.807) is 0 Å². The Bertz CT molecular complexity index is 1460. The third-order valence-electron chi connectivity index (χ3n) is 7.72. The minimum Gasteiger partial charge on any atom is -0.479 e. The molecule has 1 aliphatic heterocycles. The van der Waals surface area contributed by atoms with Crippen molar-refractivity contribution in [3.8, 4) is 0 Å². The lowest BCUT2D eigenvalue weighted by atomic mass is 9.84. The number of aliphatic imine (C=N–C) groups is 1. The summed E-state index contributed by atoms with van der Waals surface area (Å²) >= 11 is 0. The van der Waals surface area contributed by atoms with Gasteiger partial charge in [0.2, 0.25) is 5.91 Å². The van der Waals surface area contributed by atoms with E-state index in [0.717, 1.165) is 42.6 Å². The average molecular weight is 560 g/mol. The van der Waals surface area contributed by atoms with E-state index in [0.29, 0.717) is 23.5 Å². The minimum atomic E-state index is -1.50. The molecule has 0 spiro atoms. The number of carbonyl (C=O) groups is 2. The monoisotopic (exact) mass is 559 g/mol. The number of rotatable bonds is 11. The Kier molecular flexibility index (Phi) is 9.57. The average Bonchev–Trinajstić information content (AvgIpc) is 3.02. The molecule has 0 aromatic heterocycles. The van der Waals surface area contributed by atoms with Gasteiger partial charge in [0, 0.05) is 24.0 Å². The lowest BCUT2D eigenvalue weighted by Gasteiger charge is -2.28. The normalized spacial score (nSPS) is 14.3. The maximum Gasteiger partial charge on any atom is 0.332 e. The van der Waals surface area contributed by atoms with E-state index in [1.807, 2.05) is 115 Å². The number of anilines is 1. The van der Waals surface area contributed by atoms with E-state index in [2.05, 4.69) is 10.2 Å². The number of amides is 1. The maximum absolute atomic E-state index is 13.3. The van der Waals surface area contributed by atoms with Crippen LogP contribution >= 0.6 is 0 Å². The number of carboxylic acid groups (broad SMARTS) is 1. The minimum absolute atomic E-state index is 0.0881. The molecule has 0 atom stereocenters. The van der Waals surface area contributed by atoms with Crippen LogP contribution in [0.4, 0.5) is 5.69 Å². The van der Waals surface area contributed by atoms with E-state index in [-0.39, 0.29) is 18.7 Å². The second-order valence-corrected chi connectivity index (χ2v) is 10.9. The highest BCUT2D eigenvalue weighted by molar-refractivity contribution is 6.18. The number of nitrogens with one attached hydrogen (secondary N) is 1. The van der Waals surface area contributed by atoms with Crippen LogP contribution in [0.5, 0.6) is 0 Å². The van der Waals surface area contributed by atoms with Crippen LogP contribution in [0.25, 0.3) is 0 Å². The van der Waals surface area contributed by atoms with Gasteiger partial charge in [-0.2, -0.15) is 0 Å². The van der Waals surface area contributed by atoms with Crippen molar-refractivity contribution in [2.75, 3.05) is 25.0 Å². The van der Waals surface area contributed by atoms with E-state index < -0.39 is 11.5 Å². The highest BCUT2D eigenvalue weighted by Gasteiger charge is 2.40. The first kappa shape index (κ1) is 29.0. The molecule has 1 aliphatic rings. The molecule has 0 radical (unpaired) electrons. The van der Waals surface area contributed by atoms with Crippen LogP contribution in [0.15, 0.2) is 120 Å². The third kappa shape index (κ3) is 7.39. The van der Waals surface area contributed by atoms with E-state index in [9.17, 15) is 14.7 Å². The van der Waals surface area contributed by atoms with Crippen LogP contribution in [0.2, 0.25) is 0 Å². The Balaban J connectivity index is 1.61. The molecule has 5 rings (SSSR count). The summed E-state index contributed by atoms with van der Waals surface area (Å²) < 4.78 is 0. The van der Waals surface area contributed by atoms with Gasteiger partial charge in [-0.05, 0) is 43.1 Å². The number of likely N-dealkylation sites (tertiary alicyclic amines) is 1. The van der Waals surface area contributed by atoms with Crippen molar-refractivity contribution in [3.63, 3.8) is 0 Å². The lowest BCUT2D eigenvalue weighted by molar-refractivity contribution is -0.143. The fourth-order valence-corrected chi connectivity index (χ4v) is 5.61. The van der Waals surface area contributed by atoms with Gasteiger partial charge in [-0.15, -0.1) is 0 Å². The van der Waals surface area contributed by atoms with Crippen molar-refractivity contribution in [2.24, 2.45) is 4.99 Å². The molecule has 1 heterocycles. The summed E-state index contributed by atoms with van der Waals surface area (Å²) in [5.41, 5.74) is 2.87. The first-order valence-corrected chi connectivity index (χ1v) is 14.6. The molecule has 1 saturated heterocycles. The quantitative estimate of drug-likeness (QED) is 0.213. The predicted octanol–water partition coefficient (Wildman–Crippen LogP) is 6.26. The third-order valence-corrected chi connectivity index (χ3v) is 7.72. The first-order chi connectivity index (χ1) is 20.5. The largest absolute Gasteiger partial charge is 0.479 e. The van der Waals surface area contributed by atoms with Gasteiger partial charge in [-0.1, -0.05) is 116 Å². The molecule has 1 fully saturated rings. The Morgan fingerprint density at radius 2 is 1.24 bits per heavy atom. The fraction of sp³-hybridized carbons (Fsp3) is 0.250. The molecule has 42 heavy (non-hydrogen) atoms. The summed E-state index contributed by atoms with van der Waals surface area (Å²) in [6.07, 6.45) is 3.83. The molecule has 0 bridgehead atoms. The van der Waals surface area contributed by atoms with Gasteiger partial charge in [-0.25, -0.2) is 4.79 Å². The highest BCUT2D eigenvalue weighted by atomic mass is 16.4. The van der Waals surface area contributed by atoms with E-state index >= 15 is 0 Å². The molecule has 6 nitrogen and oxygen atoms in total. The van der Waals surface area contributed by atoms with Crippen molar-refractivity contribution in [1.82, 2.24) is 4.90 Å². The number of para-hydroxylation sites is 1. The zero-order valence-electron chi connectivity index (χ0n) is 23.8. The van der Waals surface area contributed by atoms with Crippen molar-refractivity contribution in [2.45, 2.75) is 37.6 Å². The molecule has 1 amide bonds. The summed E-state index contributed by atoms with van der Waals surface area (Å²) in [7, 11) is 0. The molecule has 0 saturated carbocycles. The number of carboxylic acids is 1. The molecular formula is C36H37N3O3. The van der Waals surface area contributed by atoms with Gasteiger partial charge < -0.3 is 10.4 Å². The molecule has 214 valence electrons. The first-order valence-electron chi connectivity index (χ1n) is 14.6. The van der Waals surface area contributed by atoms with Crippen LogP contribution in [0.1, 0.15) is 41.5 Å². The zero-order valence-corrected chi connectivity index (χ0v) is 23.8. The van der Waals surface area contributed by atoms with Crippen LogP contribution in [-0.4, -0.2) is 52.8 Å². The number of benzene rings is 4. The van der Waals surface area contributed by atoms with Gasteiger partial charge >= 0.3 is 5.97 Å². The molecule has 4 aromatic rings. The SMILES string of the molecule is O=C(CN1CCCCC1)Nc1ccccc1C(=NC(Cc1ccccc1)(Cc1ccccc1)C(=O)O)c1ccccc1. The summed E-state index contributed by atoms with van der Waals surface area (Å²) in [6, 6.07) is 36.4. The van der Waals surface area contributed by atoms with Crippen LogP contribution < -0.4 is 5.32 Å². The number of hydrogen-bond donors (Lipinski definition) is 2. The van der Waals surface area contributed by atoms with E-state index in [1.165, 1.54) is 6.42 Å². The van der Waals surface area contributed by atoms with Gasteiger partial charge in [0.1, 0.15) is 0 Å². The lowest BCUT2D eigenvalue weighted by Crippen LogP contribution is -2.42. The number of hydrogen-bond acceptors (Lipinski definition) is 4. The fourth-order valence-electron chi connectivity index (χ4n) is 5.61. The van der Waals surface area contributed by atoms with Crippen LogP contribution in [0, 0.1) is 0 Å². The predicted molar refractivity (Wildman–Crippen MR) is 168 cm³/mol. The molecule has 2 N–H and O–H groups in total. The number of nitrogens with zero attached hydrogens (tertiary/aromatic N) is 2. The number of aliphatic carboxylic acids is 1. The van der Waals surface area contributed by atoms with Gasteiger partial charge in [0.05, 0.1) is 17.9 Å². The Morgan fingerprint density at radius 1 is 0.714 bits per heavy atom. The van der Waals surface area contributed by atoms with Crippen molar-refractivity contribution >= 4 is 23.3 Å². The molecule has 0 aliphatic carbocycles. The molecule has 4 aromatic carbocycles.